The van der Waals surface area contributed by atoms with Gasteiger partial charge < -0.3 is 10.2 Å². The third kappa shape index (κ3) is 3.34. The molecule has 3 atom stereocenters. The Bertz CT molecular complexity index is 378. The van der Waals surface area contributed by atoms with Gasteiger partial charge in [0.15, 0.2) is 0 Å². The molecule has 0 spiro atoms. The Kier molecular flexibility index (Phi) is 4.14. The highest BCUT2D eigenvalue weighted by Gasteiger charge is 2.35. The minimum absolute atomic E-state index is 0.690. The predicted octanol–water partition coefficient (Wildman–Crippen LogP) is 2.43. The van der Waals surface area contributed by atoms with Gasteiger partial charge in [0.2, 0.25) is 0 Å². The van der Waals surface area contributed by atoms with Crippen molar-refractivity contribution >= 4 is 0 Å². The quantitative estimate of drug-likeness (QED) is 0.900. The predicted molar refractivity (Wildman–Crippen MR) is 77.9 cm³/mol. The van der Waals surface area contributed by atoms with E-state index < -0.39 is 0 Å². The van der Waals surface area contributed by atoms with Crippen molar-refractivity contribution < 1.29 is 0 Å². The summed E-state index contributed by atoms with van der Waals surface area (Å²) in [5, 5.41) is 3.85. The van der Waals surface area contributed by atoms with E-state index in [0.717, 1.165) is 25.0 Å². The van der Waals surface area contributed by atoms with Crippen LogP contribution in [0.15, 0.2) is 24.5 Å². The highest BCUT2D eigenvalue weighted by molar-refractivity contribution is 5.08. The molecule has 2 aliphatic rings. The molecule has 1 aliphatic heterocycles. The SMILES string of the molecule is CN(Cc1cccnc1)CC1CC2CCCCC2N1. The van der Waals surface area contributed by atoms with Gasteiger partial charge in [-0.3, -0.25) is 4.98 Å². The van der Waals surface area contributed by atoms with E-state index in [0.29, 0.717) is 6.04 Å². The van der Waals surface area contributed by atoms with Crippen LogP contribution in [-0.2, 0) is 6.54 Å². The Morgan fingerprint density at radius 1 is 1.37 bits per heavy atom. The fourth-order valence-corrected chi connectivity index (χ4v) is 3.82. The highest BCUT2D eigenvalue weighted by atomic mass is 15.1. The zero-order valence-corrected chi connectivity index (χ0v) is 11.9. The smallest absolute Gasteiger partial charge is 0.0312 e. The first-order chi connectivity index (χ1) is 9.31. The number of fused-ring (bicyclic) bond motifs is 1. The molecule has 0 amide bonds. The zero-order valence-electron chi connectivity index (χ0n) is 11.9. The molecule has 0 radical (unpaired) electrons. The molecule has 0 aromatic carbocycles. The van der Waals surface area contributed by atoms with Crippen LogP contribution in [0.3, 0.4) is 0 Å². The maximum absolute atomic E-state index is 4.19. The second-order valence-corrected chi connectivity index (χ2v) is 6.31. The lowest BCUT2D eigenvalue weighted by atomic mass is 9.85. The van der Waals surface area contributed by atoms with Crippen LogP contribution in [0.4, 0.5) is 0 Å². The maximum atomic E-state index is 4.19. The molecular formula is C16H25N3. The molecule has 104 valence electrons. The van der Waals surface area contributed by atoms with Gasteiger partial charge in [0.05, 0.1) is 0 Å². The summed E-state index contributed by atoms with van der Waals surface area (Å²) in [6, 6.07) is 5.68. The fraction of sp³-hybridized carbons (Fsp3) is 0.688. The monoisotopic (exact) mass is 259 g/mol. The van der Waals surface area contributed by atoms with Crippen molar-refractivity contribution in [3.8, 4) is 0 Å². The molecule has 2 heterocycles. The number of pyridine rings is 1. The Labute approximate surface area is 116 Å². The molecule has 3 nitrogen and oxygen atoms in total. The summed E-state index contributed by atoms with van der Waals surface area (Å²) in [6.07, 6.45) is 10.9. The van der Waals surface area contributed by atoms with Crippen LogP contribution in [0.2, 0.25) is 0 Å². The van der Waals surface area contributed by atoms with Crippen molar-refractivity contribution in [3.63, 3.8) is 0 Å². The Balaban J connectivity index is 1.49. The Morgan fingerprint density at radius 3 is 3.05 bits per heavy atom. The molecule has 1 saturated carbocycles. The van der Waals surface area contributed by atoms with E-state index >= 15 is 0 Å². The normalized spacial score (nSPS) is 30.5. The topological polar surface area (TPSA) is 28.2 Å². The van der Waals surface area contributed by atoms with Crippen LogP contribution in [0, 0.1) is 5.92 Å². The van der Waals surface area contributed by atoms with E-state index in [9.17, 15) is 0 Å². The first-order valence-corrected chi connectivity index (χ1v) is 7.65. The standard InChI is InChI=1S/C16H25N3/c1-19(11-13-5-4-8-17-10-13)12-15-9-14-6-2-3-7-16(14)18-15/h4-5,8,10,14-16,18H,2-3,6-7,9,11-12H2,1H3. The molecule has 3 rings (SSSR count). The van der Waals surface area contributed by atoms with E-state index in [1.54, 1.807) is 0 Å². The van der Waals surface area contributed by atoms with Gasteiger partial charge in [-0.25, -0.2) is 0 Å². The van der Waals surface area contributed by atoms with Crippen molar-refractivity contribution in [1.29, 1.82) is 0 Å². The highest BCUT2D eigenvalue weighted by Crippen LogP contribution is 2.33. The van der Waals surface area contributed by atoms with Crippen LogP contribution in [-0.4, -0.2) is 35.6 Å². The number of aromatic nitrogens is 1. The summed E-state index contributed by atoms with van der Waals surface area (Å²) in [7, 11) is 2.22. The molecule has 1 aromatic rings. The van der Waals surface area contributed by atoms with Crippen LogP contribution >= 0.6 is 0 Å². The molecule has 19 heavy (non-hydrogen) atoms. The van der Waals surface area contributed by atoms with E-state index in [4.69, 9.17) is 0 Å². The average Bonchev–Trinajstić information content (AvgIpc) is 2.81. The molecule has 3 unspecified atom stereocenters. The first kappa shape index (κ1) is 13.1. The summed E-state index contributed by atoms with van der Waals surface area (Å²) in [4.78, 5) is 6.61. The Morgan fingerprint density at radius 2 is 2.26 bits per heavy atom. The number of hydrogen-bond donors (Lipinski definition) is 1. The number of rotatable bonds is 4. The lowest BCUT2D eigenvalue weighted by molar-refractivity contribution is 0.288. The third-order valence-corrected chi connectivity index (χ3v) is 4.65. The summed E-state index contributed by atoms with van der Waals surface area (Å²) >= 11 is 0. The third-order valence-electron chi connectivity index (χ3n) is 4.65. The van der Waals surface area contributed by atoms with Crippen molar-refractivity contribution in [2.75, 3.05) is 13.6 Å². The van der Waals surface area contributed by atoms with Gasteiger partial charge >= 0.3 is 0 Å². The molecule has 1 aliphatic carbocycles. The van der Waals surface area contributed by atoms with Crippen LogP contribution < -0.4 is 5.32 Å². The van der Waals surface area contributed by atoms with Gasteiger partial charge in [-0.1, -0.05) is 18.9 Å². The zero-order chi connectivity index (χ0) is 13.1. The second-order valence-electron chi connectivity index (χ2n) is 6.31. The average molecular weight is 259 g/mol. The van der Waals surface area contributed by atoms with Crippen molar-refractivity contribution in [2.24, 2.45) is 5.92 Å². The molecule has 1 saturated heterocycles. The van der Waals surface area contributed by atoms with Gasteiger partial charge in [-0.05, 0) is 43.9 Å². The number of nitrogens with one attached hydrogen (secondary N) is 1. The van der Waals surface area contributed by atoms with E-state index in [-0.39, 0.29) is 0 Å². The summed E-state index contributed by atoms with van der Waals surface area (Å²) in [5.74, 6) is 0.950. The minimum Gasteiger partial charge on any atom is -0.310 e. The van der Waals surface area contributed by atoms with Crippen molar-refractivity contribution in [3.05, 3.63) is 30.1 Å². The second kappa shape index (κ2) is 6.02. The lowest BCUT2D eigenvalue weighted by Gasteiger charge is -2.24. The molecule has 1 N–H and O–H groups in total. The van der Waals surface area contributed by atoms with E-state index in [1.807, 2.05) is 18.5 Å². The number of hydrogen-bond acceptors (Lipinski definition) is 3. The maximum Gasteiger partial charge on any atom is 0.0312 e. The van der Waals surface area contributed by atoms with Crippen LogP contribution in [0.1, 0.15) is 37.7 Å². The molecule has 1 aromatic heterocycles. The fourth-order valence-electron chi connectivity index (χ4n) is 3.82. The van der Waals surface area contributed by atoms with Gasteiger partial charge in [0, 0.05) is 37.6 Å². The van der Waals surface area contributed by atoms with Gasteiger partial charge in [0.1, 0.15) is 0 Å². The summed E-state index contributed by atoms with van der Waals surface area (Å²) in [6.45, 7) is 2.16. The number of likely N-dealkylation sites (N-methyl/N-ethyl adjacent to an activating group) is 1. The van der Waals surface area contributed by atoms with Gasteiger partial charge in [-0.2, -0.15) is 0 Å². The molecule has 2 fully saturated rings. The van der Waals surface area contributed by atoms with Crippen LogP contribution in [0.25, 0.3) is 0 Å². The molecule has 0 bridgehead atoms. The van der Waals surface area contributed by atoms with E-state index in [1.165, 1.54) is 37.7 Å². The van der Waals surface area contributed by atoms with Gasteiger partial charge in [0.25, 0.3) is 0 Å². The first-order valence-electron chi connectivity index (χ1n) is 7.65. The van der Waals surface area contributed by atoms with Crippen molar-refractivity contribution in [2.45, 2.75) is 50.7 Å². The summed E-state index contributed by atoms with van der Waals surface area (Å²) in [5.41, 5.74) is 1.31. The molecule has 3 heteroatoms. The summed E-state index contributed by atoms with van der Waals surface area (Å²) < 4.78 is 0. The Hall–Kier alpha value is -0.930. The largest absolute Gasteiger partial charge is 0.310 e. The number of nitrogens with zero attached hydrogens (tertiary/aromatic N) is 2. The minimum atomic E-state index is 0.690. The van der Waals surface area contributed by atoms with E-state index in [2.05, 4.69) is 28.3 Å². The van der Waals surface area contributed by atoms with Gasteiger partial charge in [-0.15, -0.1) is 0 Å². The van der Waals surface area contributed by atoms with Crippen LogP contribution in [0.5, 0.6) is 0 Å². The molecular weight excluding hydrogens is 234 g/mol. The lowest BCUT2D eigenvalue weighted by Crippen LogP contribution is -2.39. The van der Waals surface area contributed by atoms with Crippen molar-refractivity contribution in [1.82, 2.24) is 15.2 Å².